The molecule has 0 unspecified atom stereocenters. The number of benzene rings is 1. The minimum atomic E-state index is -0.281. The normalized spacial score (nSPS) is 27.4. The van der Waals surface area contributed by atoms with Gasteiger partial charge in [-0.1, -0.05) is 30.3 Å². The maximum atomic E-state index is 12.0. The molecule has 2 heterocycles. The van der Waals surface area contributed by atoms with Crippen LogP contribution in [0.1, 0.15) is 32.3 Å². The number of carbonyl (C=O) groups excluding carboxylic acids is 1. The number of nitrogens with zero attached hydrogens (tertiary/aromatic N) is 2. The van der Waals surface area contributed by atoms with Crippen molar-refractivity contribution in [3.05, 3.63) is 35.9 Å². The van der Waals surface area contributed by atoms with Crippen molar-refractivity contribution in [2.24, 2.45) is 5.92 Å². The van der Waals surface area contributed by atoms with Crippen molar-refractivity contribution < 1.29 is 9.53 Å². The van der Waals surface area contributed by atoms with Gasteiger partial charge in [0.25, 0.3) is 5.91 Å². The summed E-state index contributed by atoms with van der Waals surface area (Å²) in [5.74, 6) is 0.719. The number of hydrogen-bond acceptors (Lipinski definition) is 3. The summed E-state index contributed by atoms with van der Waals surface area (Å²) in [6, 6.07) is 10.7. The minimum Gasteiger partial charge on any atom is -0.363 e. The number of likely N-dealkylation sites (tertiary alicyclic amines) is 1. The Hall–Kier alpha value is -1.39. The number of hydrogen-bond donors (Lipinski definition) is 0. The fourth-order valence-electron chi connectivity index (χ4n) is 3.80. The van der Waals surface area contributed by atoms with Crippen LogP contribution >= 0.6 is 0 Å². The maximum Gasteiger partial charge on any atom is 0.251 e. The zero-order chi connectivity index (χ0) is 16.2. The molecule has 1 aromatic carbocycles. The van der Waals surface area contributed by atoms with E-state index in [4.69, 9.17) is 4.74 Å². The van der Waals surface area contributed by atoms with Gasteiger partial charge in [-0.15, -0.1) is 0 Å². The SMILES string of the molecule is CCN1C[C@H](C2CCN(Cc3ccccc3)CC2)O[C@H](C)C1=O. The first-order valence-electron chi connectivity index (χ1n) is 8.88. The fourth-order valence-corrected chi connectivity index (χ4v) is 3.80. The monoisotopic (exact) mass is 316 g/mol. The molecule has 3 rings (SSSR count). The third-order valence-electron chi connectivity index (χ3n) is 5.23. The predicted octanol–water partition coefficient (Wildman–Crippen LogP) is 2.53. The van der Waals surface area contributed by atoms with Gasteiger partial charge in [-0.25, -0.2) is 0 Å². The molecule has 4 nitrogen and oxygen atoms in total. The first-order valence-corrected chi connectivity index (χ1v) is 8.88. The molecule has 0 saturated carbocycles. The van der Waals surface area contributed by atoms with E-state index in [0.29, 0.717) is 5.92 Å². The van der Waals surface area contributed by atoms with Crippen LogP contribution in [0, 0.1) is 5.92 Å². The van der Waals surface area contributed by atoms with Crippen LogP contribution in [0.15, 0.2) is 30.3 Å². The Balaban J connectivity index is 1.51. The molecule has 4 heteroatoms. The van der Waals surface area contributed by atoms with Crippen molar-refractivity contribution in [1.82, 2.24) is 9.80 Å². The summed E-state index contributed by atoms with van der Waals surface area (Å²) in [6.45, 7) is 8.77. The lowest BCUT2D eigenvalue weighted by Gasteiger charge is -2.42. The predicted molar refractivity (Wildman–Crippen MR) is 91.0 cm³/mol. The van der Waals surface area contributed by atoms with Crippen LogP contribution < -0.4 is 0 Å². The second-order valence-corrected chi connectivity index (χ2v) is 6.79. The highest BCUT2D eigenvalue weighted by molar-refractivity contribution is 5.81. The fraction of sp³-hybridized carbons (Fsp3) is 0.632. The molecule has 0 aromatic heterocycles. The number of carbonyl (C=O) groups is 1. The Morgan fingerprint density at radius 3 is 2.52 bits per heavy atom. The molecule has 0 bridgehead atoms. The Morgan fingerprint density at radius 1 is 1.17 bits per heavy atom. The number of likely N-dealkylation sites (N-methyl/N-ethyl adjacent to an activating group) is 1. The molecule has 2 aliphatic heterocycles. The Kier molecular flexibility index (Phi) is 5.34. The van der Waals surface area contributed by atoms with E-state index in [9.17, 15) is 4.79 Å². The van der Waals surface area contributed by atoms with Gasteiger partial charge in [-0.05, 0) is 51.3 Å². The van der Waals surface area contributed by atoms with Crippen molar-refractivity contribution in [3.8, 4) is 0 Å². The lowest BCUT2D eigenvalue weighted by atomic mass is 9.89. The van der Waals surface area contributed by atoms with Crippen molar-refractivity contribution >= 4 is 5.91 Å². The third-order valence-corrected chi connectivity index (χ3v) is 5.23. The second kappa shape index (κ2) is 7.45. The van der Waals surface area contributed by atoms with Crippen LogP contribution in [0.2, 0.25) is 0 Å². The van der Waals surface area contributed by atoms with E-state index < -0.39 is 0 Å². The smallest absolute Gasteiger partial charge is 0.251 e. The van der Waals surface area contributed by atoms with E-state index in [2.05, 4.69) is 42.2 Å². The largest absolute Gasteiger partial charge is 0.363 e. The van der Waals surface area contributed by atoms with Crippen molar-refractivity contribution in [2.75, 3.05) is 26.2 Å². The van der Waals surface area contributed by atoms with E-state index in [1.165, 1.54) is 5.56 Å². The first kappa shape index (κ1) is 16.5. The van der Waals surface area contributed by atoms with Gasteiger partial charge in [0, 0.05) is 19.6 Å². The molecule has 1 aromatic rings. The lowest BCUT2D eigenvalue weighted by Crippen LogP contribution is -2.54. The molecular weight excluding hydrogens is 288 g/mol. The summed E-state index contributed by atoms with van der Waals surface area (Å²) in [5, 5.41) is 0. The summed E-state index contributed by atoms with van der Waals surface area (Å²) in [6.07, 6.45) is 2.25. The first-order chi connectivity index (χ1) is 11.2. The van der Waals surface area contributed by atoms with Gasteiger partial charge in [-0.2, -0.15) is 0 Å². The van der Waals surface area contributed by atoms with E-state index in [1.807, 2.05) is 11.8 Å². The van der Waals surface area contributed by atoms with Gasteiger partial charge >= 0.3 is 0 Å². The Bertz CT molecular complexity index is 511. The quantitative estimate of drug-likeness (QED) is 0.856. The van der Waals surface area contributed by atoms with E-state index in [0.717, 1.165) is 45.6 Å². The summed E-state index contributed by atoms with van der Waals surface area (Å²) < 4.78 is 6.01. The molecule has 1 amide bonds. The zero-order valence-corrected chi connectivity index (χ0v) is 14.3. The minimum absolute atomic E-state index is 0.144. The number of amides is 1. The number of morpholine rings is 1. The van der Waals surface area contributed by atoms with Gasteiger partial charge in [-0.3, -0.25) is 9.69 Å². The molecule has 126 valence electrons. The van der Waals surface area contributed by atoms with E-state index in [-0.39, 0.29) is 18.1 Å². The highest BCUT2D eigenvalue weighted by Crippen LogP contribution is 2.27. The standard InChI is InChI=1S/C19H28N2O2/c1-3-21-14-18(23-15(2)19(21)22)17-9-11-20(12-10-17)13-16-7-5-4-6-8-16/h4-8,15,17-18H,3,9-14H2,1-2H3/t15-,18-/m1/s1. The second-order valence-electron chi connectivity index (χ2n) is 6.79. The summed E-state index contributed by atoms with van der Waals surface area (Å²) in [5.41, 5.74) is 1.39. The van der Waals surface area contributed by atoms with Gasteiger partial charge in [0.15, 0.2) is 0 Å². The molecular formula is C19H28N2O2. The van der Waals surface area contributed by atoms with Crippen LogP contribution in [0.3, 0.4) is 0 Å². The highest BCUT2D eigenvalue weighted by atomic mass is 16.5. The van der Waals surface area contributed by atoms with Crippen molar-refractivity contribution in [1.29, 1.82) is 0 Å². The summed E-state index contributed by atoms with van der Waals surface area (Å²) in [4.78, 5) is 16.5. The summed E-state index contributed by atoms with van der Waals surface area (Å²) in [7, 11) is 0. The van der Waals surface area contributed by atoms with Gasteiger partial charge in [0.1, 0.15) is 6.10 Å². The number of ether oxygens (including phenoxy) is 1. The molecule has 2 atom stereocenters. The average Bonchev–Trinajstić information content (AvgIpc) is 2.59. The van der Waals surface area contributed by atoms with Gasteiger partial charge in [0.2, 0.25) is 0 Å². The molecule has 0 radical (unpaired) electrons. The Morgan fingerprint density at radius 2 is 1.87 bits per heavy atom. The third kappa shape index (κ3) is 3.93. The van der Waals surface area contributed by atoms with Gasteiger partial charge in [0.05, 0.1) is 6.10 Å². The van der Waals surface area contributed by atoms with Crippen LogP contribution in [0.25, 0.3) is 0 Å². The molecule has 0 aliphatic carbocycles. The highest BCUT2D eigenvalue weighted by Gasteiger charge is 2.36. The van der Waals surface area contributed by atoms with Gasteiger partial charge < -0.3 is 9.64 Å². The van der Waals surface area contributed by atoms with E-state index >= 15 is 0 Å². The molecule has 0 spiro atoms. The van der Waals surface area contributed by atoms with Crippen molar-refractivity contribution in [2.45, 2.75) is 45.4 Å². The zero-order valence-electron chi connectivity index (χ0n) is 14.3. The molecule has 23 heavy (non-hydrogen) atoms. The topological polar surface area (TPSA) is 32.8 Å². The maximum absolute atomic E-state index is 12.0. The molecule has 2 aliphatic rings. The van der Waals surface area contributed by atoms with Crippen LogP contribution in [-0.4, -0.2) is 54.1 Å². The summed E-state index contributed by atoms with van der Waals surface area (Å²) >= 11 is 0. The van der Waals surface area contributed by atoms with Crippen LogP contribution in [0.5, 0.6) is 0 Å². The van der Waals surface area contributed by atoms with E-state index in [1.54, 1.807) is 0 Å². The number of piperidine rings is 1. The lowest BCUT2D eigenvalue weighted by molar-refractivity contribution is -0.166. The molecule has 0 N–H and O–H groups in total. The average molecular weight is 316 g/mol. The van der Waals surface area contributed by atoms with Crippen LogP contribution in [0.4, 0.5) is 0 Å². The molecule has 2 saturated heterocycles. The number of rotatable bonds is 4. The Labute approximate surface area is 139 Å². The van der Waals surface area contributed by atoms with Crippen LogP contribution in [-0.2, 0) is 16.1 Å². The van der Waals surface area contributed by atoms with Crippen molar-refractivity contribution in [3.63, 3.8) is 0 Å². The molecule has 2 fully saturated rings.